The van der Waals surface area contributed by atoms with Crippen LogP contribution in [0.1, 0.15) is 40.2 Å². The molecule has 2 N–H and O–H groups in total. The molecule has 0 atom stereocenters. The van der Waals surface area contributed by atoms with E-state index in [4.69, 9.17) is 9.15 Å². The number of rotatable bonds is 0. The average Bonchev–Trinajstić information content (AvgIpc) is 3.34. The molecule has 2 bridgehead atoms. The van der Waals surface area contributed by atoms with Crippen LogP contribution in [0.4, 0.5) is 5.69 Å². The predicted molar refractivity (Wildman–Crippen MR) is 103 cm³/mol. The van der Waals surface area contributed by atoms with E-state index < -0.39 is 5.91 Å². The first-order valence-corrected chi connectivity index (χ1v) is 9.28. The highest BCUT2D eigenvalue weighted by atomic mass is 16.5. The minimum atomic E-state index is -0.511. The van der Waals surface area contributed by atoms with Crippen molar-refractivity contribution >= 4 is 17.5 Å². The normalized spacial score (nSPS) is 15.3. The molecule has 29 heavy (non-hydrogen) atoms. The van der Waals surface area contributed by atoms with E-state index in [0.29, 0.717) is 30.2 Å². The van der Waals surface area contributed by atoms with Gasteiger partial charge in [0.25, 0.3) is 11.8 Å². The number of amides is 2. The fourth-order valence-electron chi connectivity index (χ4n) is 2.98. The number of nitrogens with one attached hydrogen (secondary N) is 2. The van der Waals surface area contributed by atoms with Gasteiger partial charge in [-0.15, -0.1) is 0 Å². The number of carbonyl (C=O) groups is 2. The smallest absolute Gasteiger partial charge is 0.277 e. The second-order valence-electron chi connectivity index (χ2n) is 6.59. The monoisotopic (exact) mass is 396 g/mol. The van der Waals surface area contributed by atoms with E-state index in [1.165, 1.54) is 10.9 Å². The number of fused-ring (bicyclic) bond motifs is 5. The van der Waals surface area contributed by atoms with Crippen LogP contribution in [0.2, 0.25) is 0 Å². The molecule has 150 valence electrons. The van der Waals surface area contributed by atoms with Gasteiger partial charge in [-0.25, -0.2) is 4.98 Å². The van der Waals surface area contributed by atoms with Crippen molar-refractivity contribution in [2.75, 3.05) is 18.5 Å². The van der Waals surface area contributed by atoms with Crippen LogP contribution in [0.25, 0.3) is 11.5 Å². The highest BCUT2D eigenvalue weighted by molar-refractivity contribution is 6.07. The Morgan fingerprint density at radius 3 is 2.97 bits per heavy atom. The van der Waals surface area contributed by atoms with E-state index in [0.717, 1.165) is 19.3 Å². The Morgan fingerprint density at radius 1 is 1.17 bits per heavy atom. The number of oxazole rings is 1. The van der Waals surface area contributed by atoms with Crippen molar-refractivity contribution in [1.82, 2.24) is 25.1 Å². The third kappa shape index (κ3) is 4.10. The van der Waals surface area contributed by atoms with E-state index in [1.807, 2.05) is 0 Å². The molecule has 1 aliphatic heterocycles. The van der Waals surface area contributed by atoms with Gasteiger partial charge in [0.15, 0.2) is 11.4 Å². The zero-order valence-corrected chi connectivity index (χ0v) is 15.8. The van der Waals surface area contributed by atoms with Gasteiger partial charge < -0.3 is 19.8 Å². The Labute approximate surface area is 166 Å². The number of ether oxygens (including phenoxy) is 1. The summed E-state index contributed by atoms with van der Waals surface area (Å²) in [4.78, 5) is 33.4. The number of hydrogen-bond donors (Lipinski definition) is 2. The van der Waals surface area contributed by atoms with Crippen LogP contribution in [-0.2, 0) is 7.05 Å². The molecule has 0 aromatic carbocycles. The predicted octanol–water partition coefficient (Wildman–Crippen LogP) is 2.01. The highest BCUT2D eigenvalue weighted by Crippen LogP contribution is 2.29. The maximum absolute atomic E-state index is 12.6. The molecular weight excluding hydrogens is 376 g/mol. The number of nitrogens with zero attached hydrogens (tertiary/aromatic N) is 4. The van der Waals surface area contributed by atoms with Gasteiger partial charge in [-0.3, -0.25) is 19.3 Å². The molecule has 10 nitrogen and oxygen atoms in total. The van der Waals surface area contributed by atoms with Gasteiger partial charge in [-0.05, 0) is 25.3 Å². The van der Waals surface area contributed by atoms with Crippen molar-refractivity contribution in [3.8, 4) is 17.2 Å². The maximum atomic E-state index is 12.6. The average molecular weight is 396 g/mol. The minimum Gasteiger partial charge on any atom is -0.491 e. The summed E-state index contributed by atoms with van der Waals surface area (Å²) in [5.74, 6) is -0.0711. The molecule has 0 radical (unpaired) electrons. The van der Waals surface area contributed by atoms with Crippen molar-refractivity contribution in [2.24, 2.45) is 7.05 Å². The fourth-order valence-corrected chi connectivity index (χ4v) is 2.98. The summed E-state index contributed by atoms with van der Waals surface area (Å²) < 4.78 is 12.8. The van der Waals surface area contributed by atoms with Gasteiger partial charge in [0.1, 0.15) is 12.0 Å². The number of aryl methyl sites for hydroxylation is 1. The number of aromatic nitrogens is 4. The molecule has 0 saturated heterocycles. The first-order valence-electron chi connectivity index (χ1n) is 9.28. The van der Waals surface area contributed by atoms with Gasteiger partial charge in [-0.2, -0.15) is 5.10 Å². The van der Waals surface area contributed by atoms with Gasteiger partial charge in [0.2, 0.25) is 5.89 Å². The van der Waals surface area contributed by atoms with Crippen LogP contribution in [0.5, 0.6) is 5.75 Å². The Morgan fingerprint density at radius 2 is 2.07 bits per heavy atom. The zero-order valence-electron chi connectivity index (χ0n) is 15.8. The summed E-state index contributed by atoms with van der Waals surface area (Å²) >= 11 is 0. The topological polar surface area (TPSA) is 124 Å². The first kappa shape index (κ1) is 18.7. The van der Waals surface area contributed by atoms with Crippen molar-refractivity contribution < 1.29 is 18.7 Å². The summed E-state index contributed by atoms with van der Waals surface area (Å²) in [5.41, 5.74) is 1.13. The molecule has 4 heterocycles. The van der Waals surface area contributed by atoms with Gasteiger partial charge in [0.05, 0.1) is 24.1 Å². The maximum Gasteiger partial charge on any atom is 0.277 e. The molecule has 10 heteroatoms. The Bertz CT molecular complexity index is 1040. The number of anilines is 1. The second kappa shape index (κ2) is 8.13. The van der Waals surface area contributed by atoms with E-state index >= 15 is 0 Å². The van der Waals surface area contributed by atoms with Crippen LogP contribution in [0.15, 0.2) is 35.3 Å². The second-order valence-corrected chi connectivity index (χ2v) is 6.59. The lowest BCUT2D eigenvalue weighted by molar-refractivity contribution is 0.0948. The molecule has 3 aromatic rings. The highest BCUT2D eigenvalue weighted by Gasteiger charge is 2.21. The van der Waals surface area contributed by atoms with Crippen molar-refractivity contribution in [1.29, 1.82) is 0 Å². The molecule has 2 amide bonds. The molecule has 0 fully saturated rings. The van der Waals surface area contributed by atoms with Crippen molar-refractivity contribution in [3.63, 3.8) is 0 Å². The Hall–Kier alpha value is -3.69. The SMILES string of the molecule is Cn1cc2c(n1)C(=O)NCCCCCOc1cnccc1-c1nc(co1)C(=O)N2. The molecule has 1 aliphatic rings. The first-order chi connectivity index (χ1) is 14.1. The van der Waals surface area contributed by atoms with Crippen LogP contribution >= 0.6 is 0 Å². The summed E-state index contributed by atoms with van der Waals surface area (Å²) in [6, 6.07) is 1.72. The Kier molecular flexibility index (Phi) is 5.23. The lowest BCUT2D eigenvalue weighted by Crippen LogP contribution is -2.26. The molecule has 4 rings (SSSR count). The van der Waals surface area contributed by atoms with Crippen LogP contribution < -0.4 is 15.4 Å². The minimum absolute atomic E-state index is 0.0716. The van der Waals surface area contributed by atoms with Crippen molar-refractivity contribution in [3.05, 3.63) is 42.3 Å². The summed E-state index contributed by atoms with van der Waals surface area (Å²) in [5, 5.41) is 9.65. The van der Waals surface area contributed by atoms with E-state index in [2.05, 4.69) is 25.7 Å². The zero-order chi connectivity index (χ0) is 20.2. The fraction of sp³-hybridized carbons (Fsp3) is 0.316. The largest absolute Gasteiger partial charge is 0.491 e. The third-order valence-corrected chi connectivity index (χ3v) is 4.41. The third-order valence-electron chi connectivity index (χ3n) is 4.41. The molecule has 0 spiro atoms. The van der Waals surface area contributed by atoms with E-state index in [-0.39, 0.29) is 23.2 Å². The lowest BCUT2D eigenvalue weighted by atomic mass is 10.2. The number of pyridine rings is 1. The molecule has 0 saturated carbocycles. The van der Waals surface area contributed by atoms with Crippen LogP contribution in [-0.4, -0.2) is 44.7 Å². The molecule has 3 aromatic heterocycles. The van der Waals surface area contributed by atoms with Crippen molar-refractivity contribution in [2.45, 2.75) is 19.3 Å². The van der Waals surface area contributed by atoms with Crippen LogP contribution in [0, 0.1) is 0 Å². The van der Waals surface area contributed by atoms with E-state index in [1.54, 1.807) is 31.7 Å². The number of carbonyl (C=O) groups excluding carboxylic acids is 2. The Balaban J connectivity index is 1.67. The quantitative estimate of drug-likeness (QED) is 0.596. The van der Waals surface area contributed by atoms with E-state index in [9.17, 15) is 9.59 Å². The summed E-state index contributed by atoms with van der Waals surface area (Å²) in [6.45, 7) is 0.998. The molecule has 0 aliphatic carbocycles. The van der Waals surface area contributed by atoms with Crippen LogP contribution in [0.3, 0.4) is 0 Å². The molecule has 0 unspecified atom stereocenters. The molecular formula is C19H20N6O4. The van der Waals surface area contributed by atoms with Gasteiger partial charge in [-0.1, -0.05) is 0 Å². The summed E-state index contributed by atoms with van der Waals surface area (Å²) in [6.07, 6.45) is 8.52. The van der Waals surface area contributed by atoms with Gasteiger partial charge in [0, 0.05) is 26.0 Å². The standard InChI is InChI=1S/C19H20N6O4/c1-25-10-13-16(24-25)18(27)21-6-3-2-4-8-28-15-9-20-7-5-12(15)19-23-14(11-29-19)17(26)22-13/h5,7,9-11H,2-4,6,8H2,1H3,(H,21,27)(H,22,26). The lowest BCUT2D eigenvalue weighted by Gasteiger charge is -2.09. The number of hydrogen-bond acceptors (Lipinski definition) is 7. The summed E-state index contributed by atoms with van der Waals surface area (Å²) in [7, 11) is 1.68. The van der Waals surface area contributed by atoms with Gasteiger partial charge >= 0.3 is 0 Å².